The molecule has 0 fully saturated rings. The number of hydrogen-bond donors (Lipinski definition) is 1. The molecule has 2 heterocycles. The molecule has 0 spiro atoms. The van der Waals surface area contributed by atoms with E-state index >= 15 is 0 Å². The third kappa shape index (κ3) is 1.94. The summed E-state index contributed by atoms with van der Waals surface area (Å²) in [6.45, 7) is 5.03. The molecule has 104 valence electrons. The first-order valence-corrected chi connectivity index (χ1v) is 7.36. The van der Waals surface area contributed by atoms with Crippen LogP contribution >= 0.6 is 11.3 Å². The van der Waals surface area contributed by atoms with Crippen LogP contribution in [0.3, 0.4) is 0 Å². The van der Waals surface area contributed by atoms with Crippen LogP contribution in [0.4, 0.5) is 5.00 Å². The summed E-state index contributed by atoms with van der Waals surface area (Å²) in [5.74, 6) is 1.75. The first kappa shape index (κ1) is 13.0. The minimum absolute atomic E-state index is 0.819. The molecule has 0 aliphatic carbocycles. The van der Waals surface area contributed by atoms with Gasteiger partial charge in [0.1, 0.15) is 11.6 Å². The second-order valence-corrected chi connectivity index (χ2v) is 5.96. The van der Waals surface area contributed by atoms with E-state index in [1.54, 1.807) is 18.4 Å². The van der Waals surface area contributed by atoms with Crippen molar-refractivity contribution in [2.45, 2.75) is 20.4 Å². The Labute approximate surface area is 121 Å². The number of nitrogen functional groups attached to an aromatic ring is 1. The molecule has 0 atom stereocenters. The van der Waals surface area contributed by atoms with Gasteiger partial charge in [-0.3, -0.25) is 0 Å². The number of hydrogen-bond acceptors (Lipinski definition) is 4. The van der Waals surface area contributed by atoms with Crippen molar-refractivity contribution >= 4 is 27.4 Å². The largest absolute Gasteiger partial charge is 0.497 e. The third-order valence-corrected chi connectivity index (χ3v) is 4.28. The molecule has 3 aromatic rings. The van der Waals surface area contributed by atoms with Gasteiger partial charge in [0.05, 0.1) is 28.7 Å². The van der Waals surface area contributed by atoms with Crippen molar-refractivity contribution in [3.05, 3.63) is 29.1 Å². The Kier molecular flexibility index (Phi) is 3.14. The maximum Gasteiger partial charge on any atom is 0.144 e. The Bertz CT molecular complexity index is 773. The highest BCUT2D eigenvalue weighted by atomic mass is 32.1. The number of ether oxygens (including phenoxy) is 1. The summed E-state index contributed by atoms with van der Waals surface area (Å²) in [7, 11) is 1.67. The maximum absolute atomic E-state index is 6.12. The highest BCUT2D eigenvalue weighted by molar-refractivity contribution is 7.16. The van der Waals surface area contributed by atoms with Crippen LogP contribution < -0.4 is 10.5 Å². The van der Waals surface area contributed by atoms with Crippen LogP contribution in [-0.4, -0.2) is 16.7 Å². The average molecular weight is 287 g/mol. The smallest absolute Gasteiger partial charge is 0.144 e. The predicted molar refractivity (Wildman–Crippen MR) is 84.4 cm³/mol. The van der Waals surface area contributed by atoms with Crippen molar-refractivity contribution in [3.63, 3.8) is 0 Å². The molecule has 1 aromatic carbocycles. The number of fused-ring (bicyclic) bond motifs is 1. The molecule has 0 amide bonds. The van der Waals surface area contributed by atoms with Gasteiger partial charge in [-0.1, -0.05) is 0 Å². The summed E-state index contributed by atoms with van der Waals surface area (Å²) in [6, 6.07) is 8.07. The summed E-state index contributed by atoms with van der Waals surface area (Å²) in [5.41, 5.74) is 9.17. The highest BCUT2D eigenvalue weighted by Crippen LogP contribution is 2.35. The zero-order valence-electron chi connectivity index (χ0n) is 11.8. The van der Waals surface area contributed by atoms with Crippen LogP contribution in [0.15, 0.2) is 24.3 Å². The zero-order chi connectivity index (χ0) is 14.3. The van der Waals surface area contributed by atoms with Gasteiger partial charge in [-0.05, 0) is 32.0 Å². The summed E-state index contributed by atoms with van der Waals surface area (Å²) in [6.07, 6.45) is 0. The number of rotatable bonds is 3. The molecule has 0 bridgehead atoms. The van der Waals surface area contributed by atoms with E-state index in [1.807, 2.05) is 18.2 Å². The number of nitrogens with zero attached hydrogens (tertiary/aromatic N) is 2. The van der Waals surface area contributed by atoms with E-state index in [0.717, 1.165) is 39.7 Å². The Balaban J connectivity index is 2.27. The van der Waals surface area contributed by atoms with Gasteiger partial charge in [-0.15, -0.1) is 11.3 Å². The van der Waals surface area contributed by atoms with Crippen LogP contribution in [0.1, 0.15) is 11.8 Å². The maximum atomic E-state index is 6.12. The Morgan fingerprint density at radius 3 is 2.75 bits per heavy atom. The fourth-order valence-corrected chi connectivity index (χ4v) is 3.25. The molecular weight excluding hydrogens is 270 g/mol. The van der Waals surface area contributed by atoms with E-state index in [-0.39, 0.29) is 0 Å². The highest BCUT2D eigenvalue weighted by Gasteiger charge is 2.16. The summed E-state index contributed by atoms with van der Waals surface area (Å²) in [4.78, 5) is 5.95. The number of imidazole rings is 1. The lowest BCUT2D eigenvalue weighted by Crippen LogP contribution is -1.98. The fraction of sp³-hybridized carbons (Fsp3) is 0.267. The lowest BCUT2D eigenvalue weighted by atomic mass is 10.2. The second kappa shape index (κ2) is 4.83. The van der Waals surface area contributed by atoms with Gasteiger partial charge >= 0.3 is 0 Å². The Morgan fingerprint density at radius 1 is 1.35 bits per heavy atom. The molecule has 3 rings (SSSR count). The van der Waals surface area contributed by atoms with E-state index in [9.17, 15) is 0 Å². The molecule has 0 radical (unpaired) electrons. The molecule has 0 unspecified atom stereocenters. The van der Waals surface area contributed by atoms with Crippen LogP contribution in [-0.2, 0) is 6.54 Å². The summed E-state index contributed by atoms with van der Waals surface area (Å²) in [5, 5.41) is 0.819. The van der Waals surface area contributed by atoms with Crippen LogP contribution in [0.5, 0.6) is 5.75 Å². The van der Waals surface area contributed by atoms with Gasteiger partial charge in [0.2, 0.25) is 0 Å². The molecule has 4 nitrogen and oxygen atoms in total. The molecular formula is C15H17N3OS. The number of thiophene rings is 1. The fourth-order valence-electron chi connectivity index (χ4n) is 2.47. The van der Waals surface area contributed by atoms with Crippen molar-refractivity contribution < 1.29 is 4.74 Å². The molecule has 0 saturated heterocycles. The molecule has 0 aliphatic heterocycles. The Morgan fingerprint density at radius 2 is 2.15 bits per heavy atom. The normalized spacial score (nSPS) is 11.2. The minimum atomic E-state index is 0.819. The first-order valence-electron chi connectivity index (χ1n) is 6.54. The minimum Gasteiger partial charge on any atom is -0.497 e. The lowest BCUT2D eigenvalue weighted by molar-refractivity contribution is 0.415. The van der Waals surface area contributed by atoms with Gasteiger partial charge < -0.3 is 15.0 Å². The number of anilines is 1. The molecule has 2 aromatic heterocycles. The first-order chi connectivity index (χ1) is 9.63. The number of aromatic nitrogens is 2. The SMILES string of the molecule is CCn1c(-c2cc(C)sc2N)nc2cc(OC)ccc21. The van der Waals surface area contributed by atoms with Crippen LogP contribution in [0, 0.1) is 6.92 Å². The van der Waals surface area contributed by atoms with Crippen molar-refractivity contribution in [2.75, 3.05) is 12.8 Å². The molecule has 2 N–H and O–H groups in total. The average Bonchev–Trinajstić information content (AvgIpc) is 2.96. The van der Waals surface area contributed by atoms with Crippen molar-refractivity contribution in [2.24, 2.45) is 0 Å². The number of nitrogens with two attached hydrogens (primary N) is 1. The van der Waals surface area contributed by atoms with E-state index in [2.05, 4.69) is 24.5 Å². The standard InChI is InChI=1S/C15H17N3OS/c1-4-18-13-6-5-10(19-3)8-12(13)17-15(18)11-7-9(2)20-14(11)16/h5-8H,4,16H2,1-3H3. The molecule has 0 saturated carbocycles. The zero-order valence-corrected chi connectivity index (χ0v) is 12.6. The Hall–Kier alpha value is -2.01. The van der Waals surface area contributed by atoms with E-state index < -0.39 is 0 Å². The number of aryl methyl sites for hydroxylation is 2. The lowest BCUT2D eigenvalue weighted by Gasteiger charge is -2.05. The van der Waals surface area contributed by atoms with Crippen LogP contribution in [0.25, 0.3) is 22.4 Å². The topological polar surface area (TPSA) is 53.1 Å². The molecule has 5 heteroatoms. The summed E-state index contributed by atoms with van der Waals surface area (Å²) >= 11 is 1.60. The monoisotopic (exact) mass is 287 g/mol. The van der Waals surface area contributed by atoms with Gasteiger partial charge in [-0.2, -0.15) is 0 Å². The van der Waals surface area contributed by atoms with E-state index in [4.69, 9.17) is 15.5 Å². The summed E-state index contributed by atoms with van der Waals surface area (Å²) < 4.78 is 7.45. The molecule has 20 heavy (non-hydrogen) atoms. The number of benzene rings is 1. The third-order valence-electron chi connectivity index (χ3n) is 3.40. The second-order valence-electron chi connectivity index (χ2n) is 4.67. The van der Waals surface area contributed by atoms with Gasteiger partial charge in [-0.25, -0.2) is 4.98 Å². The van der Waals surface area contributed by atoms with Gasteiger partial charge in [0.25, 0.3) is 0 Å². The molecule has 0 aliphatic rings. The van der Waals surface area contributed by atoms with E-state index in [0.29, 0.717) is 0 Å². The van der Waals surface area contributed by atoms with E-state index in [1.165, 1.54) is 4.88 Å². The van der Waals surface area contributed by atoms with Crippen molar-refractivity contribution in [1.29, 1.82) is 0 Å². The van der Waals surface area contributed by atoms with Crippen LogP contribution in [0.2, 0.25) is 0 Å². The van der Waals surface area contributed by atoms with Gasteiger partial charge in [0, 0.05) is 17.5 Å². The van der Waals surface area contributed by atoms with Crippen molar-refractivity contribution in [3.8, 4) is 17.1 Å². The quantitative estimate of drug-likeness (QED) is 0.799. The van der Waals surface area contributed by atoms with Gasteiger partial charge in [0.15, 0.2) is 0 Å². The predicted octanol–water partition coefficient (Wildman–Crippen LogP) is 3.68. The van der Waals surface area contributed by atoms with Crippen molar-refractivity contribution in [1.82, 2.24) is 9.55 Å². The number of methoxy groups -OCH3 is 1.